The molecule has 0 bridgehead atoms. The quantitative estimate of drug-likeness (QED) is 0.740. The Morgan fingerprint density at radius 1 is 1.03 bits per heavy atom. The van der Waals surface area contributed by atoms with E-state index in [1.165, 1.54) is 16.9 Å². The van der Waals surface area contributed by atoms with E-state index in [0.717, 1.165) is 25.7 Å². The zero-order chi connectivity index (χ0) is 21.1. The molecule has 3 heterocycles. The lowest BCUT2D eigenvalue weighted by atomic mass is 9.88. The minimum absolute atomic E-state index is 0.106. The average Bonchev–Trinajstić information content (AvgIpc) is 2.79. The lowest BCUT2D eigenvalue weighted by Crippen LogP contribution is -2.52. The van der Waals surface area contributed by atoms with E-state index < -0.39 is 10.0 Å². The number of hydrogen-bond donors (Lipinski definition) is 0. The maximum atomic E-state index is 13.2. The van der Waals surface area contributed by atoms with E-state index in [0.29, 0.717) is 43.4 Å². The van der Waals surface area contributed by atoms with Gasteiger partial charge in [0.1, 0.15) is 10.6 Å². The molecule has 0 unspecified atom stereocenters. The SMILES string of the molecule is Cc1nc(-c2ccccn2)ncc1S(=O)(=O)N1CCN(C(=O)C2CCCCC2)CC1. The van der Waals surface area contributed by atoms with Crippen molar-refractivity contribution in [3.05, 3.63) is 36.3 Å². The van der Waals surface area contributed by atoms with Crippen LogP contribution >= 0.6 is 0 Å². The Balaban J connectivity index is 1.45. The van der Waals surface area contributed by atoms with Gasteiger partial charge in [-0.15, -0.1) is 0 Å². The minimum atomic E-state index is -3.72. The van der Waals surface area contributed by atoms with Gasteiger partial charge in [0.15, 0.2) is 5.82 Å². The predicted molar refractivity (Wildman–Crippen MR) is 112 cm³/mol. The second kappa shape index (κ2) is 8.77. The van der Waals surface area contributed by atoms with Crippen LogP contribution in [0.3, 0.4) is 0 Å². The summed E-state index contributed by atoms with van der Waals surface area (Å²) in [5, 5.41) is 0. The van der Waals surface area contributed by atoms with E-state index in [1.54, 1.807) is 25.3 Å². The Labute approximate surface area is 177 Å². The first-order valence-electron chi connectivity index (χ1n) is 10.5. The van der Waals surface area contributed by atoms with Crippen LogP contribution in [0.5, 0.6) is 0 Å². The van der Waals surface area contributed by atoms with E-state index >= 15 is 0 Å². The van der Waals surface area contributed by atoms with E-state index in [2.05, 4.69) is 15.0 Å². The number of aromatic nitrogens is 3. The van der Waals surface area contributed by atoms with Gasteiger partial charge in [-0.1, -0.05) is 25.3 Å². The zero-order valence-corrected chi connectivity index (χ0v) is 18.0. The van der Waals surface area contributed by atoms with Crippen molar-refractivity contribution < 1.29 is 13.2 Å². The third kappa shape index (κ3) is 4.22. The Morgan fingerprint density at radius 3 is 2.40 bits per heavy atom. The average molecular weight is 430 g/mol. The molecule has 2 aromatic heterocycles. The smallest absolute Gasteiger partial charge is 0.246 e. The van der Waals surface area contributed by atoms with Gasteiger partial charge in [0.2, 0.25) is 15.9 Å². The van der Waals surface area contributed by atoms with Crippen molar-refractivity contribution in [1.29, 1.82) is 0 Å². The van der Waals surface area contributed by atoms with Crippen LogP contribution in [0.25, 0.3) is 11.5 Å². The van der Waals surface area contributed by atoms with Gasteiger partial charge in [-0.2, -0.15) is 4.31 Å². The van der Waals surface area contributed by atoms with E-state index in [4.69, 9.17) is 0 Å². The molecule has 0 atom stereocenters. The molecule has 1 amide bonds. The van der Waals surface area contributed by atoms with E-state index in [-0.39, 0.29) is 16.7 Å². The normalized spacial score (nSPS) is 19.0. The van der Waals surface area contributed by atoms with Crippen LogP contribution in [0.4, 0.5) is 0 Å². The second-order valence-corrected chi connectivity index (χ2v) is 9.83. The molecule has 1 aliphatic carbocycles. The topological polar surface area (TPSA) is 96.4 Å². The van der Waals surface area contributed by atoms with Crippen LogP contribution in [0.2, 0.25) is 0 Å². The van der Waals surface area contributed by atoms with Gasteiger partial charge in [0.25, 0.3) is 0 Å². The summed E-state index contributed by atoms with van der Waals surface area (Å²) >= 11 is 0. The number of pyridine rings is 1. The fourth-order valence-electron chi connectivity index (χ4n) is 4.22. The molecule has 1 saturated carbocycles. The molecule has 160 valence electrons. The molecule has 1 saturated heterocycles. The number of sulfonamides is 1. The van der Waals surface area contributed by atoms with Crippen molar-refractivity contribution in [3.63, 3.8) is 0 Å². The van der Waals surface area contributed by atoms with Crippen molar-refractivity contribution in [2.45, 2.75) is 43.9 Å². The van der Waals surface area contributed by atoms with E-state index in [9.17, 15) is 13.2 Å². The van der Waals surface area contributed by atoms with Crippen LogP contribution in [0, 0.1) is 12.8 Å². The summed E-state index contributed by atoms with van der Waals surface area (Å²) in [6.45, 7) is 3.12. The van der Waals surface area contributed by atoms with Gasteiger partial charge < -0.3 is 4.90 Å². The molecule has 8 nitrogen and oxygen atoms in total. The van der Waals surface area contributed by atoms with Gasteiger partial charge >= 0.3 is 0 Å². The predicted octanol–water partition coefficient (Wildman–Crippen LogP) is 2.26. The highest BCUT2D eigenvalue weighted by Crippen LogP contribution is 2.27. The summed E-state index contributed by atoms with van der Waals surface area (Å²) in [5.41, 5.74) is 0.991. The van der Waals surface area contributed by atoms with Crippen molar-refractivity contribution in [2.75, 3.05) is 26.2 Å². The second-order valence-electron chi connectivity index (χ2n) is 7.92. The van der Waals surface area contributed by atoms with E-state index in [1.807, 2.05) is 11.0 Å². The molecule has 0 aromatic carbocycles. The lowest BCUT2D eigenvalue weighted by molar-refractivity contribution is -0.137. The molecule has 1 aliphatic heterocycles. The first-order chi connectivity index (χ1) is 14.5. The molecule has 2 fully saturated rings. The Bertz CT molecular complexity index is 999. The molecule has 4 rings (SSSR count). The molecule has 2 aliphatic rings. The van der Waals surface area contributed by atoms with Crippen LogP contribution in [-0.4, -0.2) is 64.7 Å². The zero-order valence-electron chi connectivity index (χ0n) is 17.2. The summed E-state index contributed by atoms with van der Waals surface area (Å²) in [4.78, 5) is 27.5. The molecule has 2 aromatic rings. The van der Waals surface area contributed by atoms with Crippen molar-refractivity contribution in [1.82, 2.24) is 24.2 Å². The standard InChI is InChI=1S/C21H27N5O3S/c1-16-19(15-23-20(24-16)18-9-5-6-10-22-18)30(28,29)26-13-11-25(12-14-26)21(27)17-7-3-2-4-8-17/h5-6,9-10,15,17H,2-4,7-8,11-14H2,1H3. The van der Waals surface area contributed by atoms with Crippen LogP contribution < -0.4 is 0 Å². The lowest BCUT2D eigenvalue weighted by Gasteiger charge is -2.36. The van der Waals surface area contributed by atoms with Gasteiger partial charge in [0, 0.05) is 38.3 Å². The first kappa shape index (κ1) is 20.9. The summed E-state index contributed by atoms with van der Waals surface area (Å²) in [5.74, 6) is 0.692. The number of rotatable bonds is 4. The summed E-state index contributed by atoms with van der Waals surface area (Å²) in [6, 6.07) is 5.42. The van der Waals surface area contributed by atoms with Crippen LogP contribution in [0.15, 0.2) is 35.5 Å². The Morgan fingerprint density at radius 2 is 1.77 bits per heavy atom. The molecule has 9 heteroatoms. The molecule has 0 spiro atoms. The fraction of sp³-hybridized carbons (Fsp3) is 0.524. The van der Waals surface area contributed by atoms with Gasteiger partial charge in [-0.25, -0.2) is 18.4 Å². The number of amides is 1. The van der Waals surface area contributed by atoms with Crippen LogP contribution in [-0.2, 0) is 14.8 Å². The van der Waals surface area contributed by atoms with Gasteiger partial charge in [-0.3, -0.25) is 9.78 Å². The van der Waals surface area contributed by atoms with Crippen LogP contribution in [0.1, 0.15) is 37.8 Å². The largest absolute Gasteiger partial charge is 0.340 e. The van der Waals surface area contributed by atoms with Crippen molar-refractivity contribution in [3.8, 4) is 11.5 Å². The molecular weight excluding hydrogens is 402 g/mol. The third-order valence-corrected chi connectivity index (χ3v) is 7.95. The van der Waals surface area contributed by atoms with Crippen molar-refractivity contribution in [2.24, 2.45) is 5.92 Å². The highest BCUT2D eigenvalue weighted by Gasteiger charge is 2.34. The summed E-state index contributed by atoms with van der Waals surface area (Å²) in [6.07, 6.45) is 8.34. The summed E-state index contributed by atoms with van der Waals surface area (Å²) < 4.78 is 27.8. The monoisotopic (exact) mass is 429 g/mol. The number of nitrogens with zero attached hydrogens (tertiary/aromatic N) is 5. The maximum Gasteiger partial charge on any atom is 0.246 e. The molecule has 0 N–H and O–H groups in total. The van der Waals surface area contributed by atoms with Crippen molar-refractivity contribution >= 4 is 15.9 Å². The van der Waals surface area contributed by atoms with Gasteiger partial charge in [0.05, 0.1) is 11.9 Å². The highest BCUT2D eigenvalue weighted by atomic mass is 32.2. The highest BCUT2D eigenvalue weighted by molar-refractivity contribution is 7.89. The minimum Gasteiger partial charge on any atom is -0.340 e. The number of aryl methyl sites for hydroxylation is 1. The molecule has 0 radical (unpaired) electrons. The molecule has 30 heavy (non-hydrogen) atoms. The molecular formula is C21H27N5O3S. The number of carbonyl (C=O) groups is 1. The third-order valence-electron chi connectivity index (χ3n) is 5.95. The number of piperazine rings is 1. The van der Waals surface area contributed by atoms with Gasteiger partial charge in [-0.05, 0) is 31.9 Å². The Kier molecular flexibility index (Phi) is 6.10. The summed E-state index contributed by atoms with van der Waals surface area (Å²) in [7, 11) is -3.72. The fourth-order valence-corrected chi connectivity index (χ4v) is 5.75. The first-order valence-corrected chi connectivity index (χ1v) is 11.9. The number of carbonyl (C=O) groups excluding carboxylic acids is 1. The Hall–Kier alpha value is -2.39. The maximum absolute atomic E-state index is 13.2. The number of hydrogen-bond acceptors (Lipinski definition) is 6.